The van der Waals surface area contributed by atoms with E-state index in [1.807, 2.05) is 11.0 Å². The molecule has 1 unspecified atom stereocenters. The quantitative estimate of drug-likeness (QED) is 0.476. The predicted octanol–water partition coefficient (Wildman–Crippen LogP) is 0.287. The van der Waals surface area contributed by atoms with E-state index in [1.54, 1.807) is 12.3 Å². The Morgan fingerprint density at radius 3 is 2.88 bits per heavy atom. The minimum Gasteiger partial charge on any atom is -0.294 e. The molecule has 0 saturated carbocycles. The van der Waals surface area contributed by atoms with Crippen LogP contribution in [0.5, 0.6) is 0 Å². The molecule has 7 nitrogen and oxygen atoms in total. The van der Waals surface area contributed by atoms with Crippen LogP contribution < -0.4 is 5.73 Å². The number of pyridine rings is 1. The van der Waals surface area contributed by atoms with Crippen LogP contribution in [-0.4, -0.2) is 39.3 Å². The lowest BCUT2D eigenvalue weighted by atomic mass is 10.3. The number of nitro groups is 1. The van der Waals surface area contributed by atoms with Gasteiger partial charge in [-0.1, -0.05) is 22.7 Å². The Kier molecular flexibility index (Phi) is 3.41. The van der Waals surface area contributed by atoms with Crippen molar-refractivity contribution in [3.8, 4) is 0 Å². The van der Waals surface area contributed by atoms with Gasteiger partial charge in [0.25, 0.3) is 0 Å². The van der Waals surface area contributed by atoms with E-state index in [1.165, 1.54) is 0 Å². The Balaban J connectivity index is 2.01. The third-order valence-electron chi connectivity index (χ3n) is 2.68. The molecule has 1 aromatic rings. The van der Waals surface area contributed by atoms with Crippen LogP contribution >= 0.6 is 11.6 Å². The highest BCUT2D eigenvalue weighted by atomic mass is 35.5. The van der Waals surface area contributed by atoms with Gasteiger partial charge in [0.15, 0.2) is 11.3 Å². The molecule has 0 spiro atoms. The summed E-state index contributed by atoms with van der Waals surface area (Å²) in [5.41, 5.74) is 6.69. The number of nitrogens with zero attached hydrogens (tertiary/aromatic N) is 4. The first-order valence-corrected chi connectivity index (χ1v) is 5.47. The van der Waals surface area contributed by atoms with Gasteiger partial charge in [-0.15, -0.1) is 0 Å². The van der Waals surface area contributed by atoms with Crippen LogP contribution in [-0.2, 0) is 6.54 Å². The third kappa shape index (κ3) is 2.63. The highest BCUT2D eigenvalue weighted by Crippen LogP contribution is 2.14. The molecule has 0 amide bonds. The SMILES string of the molecule is NC1N(Cc2ccc(Cl)nc2)CCN1[N+](=O)[O-]. The van der Waals surface area contributed by atoms with E-state index < -0.39 is 11.3 Å². The average molecular weight is 258 g/mol. The number of hydrogen-bond donors (Lipinski definition) is 1. The van der Waals surface area contributed by atoms with Gasteiger partial charge in [-0.2, -0.15) is 0 Å². The summed E-state index contributed by atoms with van der Waals surface area (Å²) in [5, 5.41) is 11.6. The van der Waals surface area contributed by atoms with Crippen molar-refractivity contribution in [2.24, 2.45) is 5.73 Å². The molecule has 1 fully saturated rings. The zero-order chi connectivity index (χ0) is 12.4. The van der Waals surface area contributed by atoms with Crippen molar-refractivity contribution < 1.29 is 5.03 Å². The lowest BCUT2D eigenvalue weighted by molar-refractivity contribution is -0.662. The van der Waals surface area contributed by atoms with Gasteiger partial charge in [0, 0.05) is 19.3 Å². The molecule has 2 N–H and O–H groups in total. The number of nitrogens with two attached hydrogens (primary N) is 1. The van der Waals surface area contributed by atoms with Gasteiger partial charge < -0.3 is 0 Å². The summed E-state index contributed by atoms with van der Waals surface area (Å²) >= 11 is 5.67. The van der Waals surface area contributed by atoms with Crippen molar-refractivity contribution >= 4 is 11.6 Å². The number of hydrazine groups is 1. The number of aromatic nitrogens is 1. The van der Waals surface area contributed by atoms with Gasteiger partial charge in [-0.3, -0.25) is 10.6 Å². The number of halogens is 1. The molecule has 2 heterocycles. The fraction of sp³-hybridized carbons (Fsp3) is 0.444. The Morgan fingerprint density at radius 1 is 1.59 bits per heavy atom. The van der Waals surface area contributed by atoms with E-state index >= 15 is 0 Å². The third-order valence-corrected chi connectivity index (χ3v) is 2.90. The molecule has 0 aliphatic carbocycles. The molecule has 8 heteroatoms. The van der Waals surface area contributed by atoms with Crippen LogP contribution in [0.15, 0.2) is 18.3 Å². The lowest BCUT2D eigenvalue weighted by Gasteiger charge is -2.21. The van der Waals surface area contributed by atoms with Crippen molar-refractivity contribution in [3.63, 3.8) is 0 Å². The second kappa shape index (κ2) is 4.82. The highest BCUT2D eigenvalue weighted by molar-refractivity contribution is 6.29. The molecule has 1 atom stereocenters. The summed E-state index contributed by atoms with van der Waals surface area (Å²) < 4.78 is 0. The van der Waals surface area contributed by atoms with E-state index in [0.29, 0.717) is 24.8 Å². The first kappa shape index (κ1) is 12.0. The van der Waals surface area contributed by atoms with Crippen molar-refractivity contribution in [2.75, 3.05) is 13.1 Å². The molecule has 17 heavy (non-hydrogen) atoms. The van der Waals surface area contributed by atoms with E-state index in [9.17, 15) is 10.1 Å². The van der Waals surface area contributed by atoms with Gasteiger partial charge in [-0.05, 0) is 11.6 Å². The van der Waals surface area contributed by atoms with Gasteiger partial charge in [0.05, 0.1) is 6.54 Å². The van der Waals surface area contributed by atoms with E-state index in [4.69, 9.17) is 17.3 Å². The molecule has 0 radical (unpaired) electrons. The average Bonchev–Trinajstić information content (AvgIpc) is 2.64. The Labute approximate surface area is 103 Å². The molecule has 0 bridgehead atoms. The summed E-state index contributed by atoms with van der Waals surface area (Å²) in [6, 6.07) is 3.51. The first-order chi connectivity index (χ1) is 8.08. The van der Waals surface area contributed by atoms with Crippen LogP contribution in [0.3, 0.4) is 0 Å². The second-order valence-corrected chi connectivity index (χ2v) is 4.16. The molecule has 1 aromatic heterocycles. The van der Waals surface area contributed by atoms with Crippen LogP contribution in [0.1, 0.15) is 5.56 Å². The van der Waals surface area contributed by atoms with E-state index in [2.05, 4.69) is 4.98 Å². The fourth-order valence-electron chi connectivity index (χ4n) is 1.77. The monoisotopic (exact) mass is 257 g/mol. The topological polar surface area (TPSA) is 88.5 Å². The van der Waals surface area contributed by atoms with Crippen molar-refractivity contribution in [2.45, 2.75) is 12.8 Å². The largest absolute Gasteiger partial charge is 0.294 e. The van der Waals surface area contributed by atoms with Gasteiger partial charge in [-0.25, -0.2) is 15.1 Å². The predicted molar refractivity (Wildman–Crippen MR) is 61.3 cm³/mol. The van der Waals surface area contributed by atoms with Crippen molar-refractivity contribution in [3.05, 3.63) is 39.2 Å². The van der Waals surface area contributed by atoms with E-state index in [-0.39, 0.29) is 0 Å². The number of hydrogen-bond acceptors (Lipinski definition) is 5. The van der Waals surface area contributed by atoms with Crippen molar-refractivity contribution in [1.82, 2.24) is 14.9 Å². The maximum absolute atomic E-state index is 10.6. The Morgan fingerprint density at radius 2 is 2.35 bits per heavy atom. The van der Waals surface area contributed by atoms with Gasteiger partial charge in [0.2, 0.25) is 0 Å². The van der Waals surface area contributed by atoms with Gasteiger partial charge in [0.1, 0.15) is 5.15 Å². The molecule has 1 saturated heterocycles. The molecule has 2 rings (SSSR count). The van der Waals surface area contributed by atoms with Crippen LogP contribution in [0.2, 0.25) is 5.15 Å². The molecular weight excluding hydrogens is 246 g/mol. The smallest absolute Gasteiger partial charge is 0.193 e. The molecule has 0 aromatic carbocycles. The summed E-state index contributed by atoms with van der Waals surface area (Å²) in [7, 11) is 0. The maximum Gasteiger partial charge on any atom is 0.193 e. The highest BCUT2D eigenvalue weighted by Gasteiger charge is 2.35. The standard InChI is InChI=1S/C9H12ClN5O2/c10-8-2-1-7(5-12-8)6-13-3-4-14(9(13)11)15(16)17/h1-2,5,9H,3-4,6,11H2. The minimum atomic E-state index is -0.694. The Bertz CT molecular complexity index is 412. The summed E-state index contributed by atoms with van der Waals surface area (Å²) in [6.45, 7) is 1.41. The molecular formula is C9H12ClN5O2. The second-order valence-electron chi connectivity index (χ2n) is 3.77. The summed E-state index contributed by atoms with van der Waals surface area (Å²) in [5.74, 6) is 0. The van der Waals surface area contributed by atoms with Crippen LogP contribution in [0.25, 0.3) is 0 Å². The normalized spacial score (nSPS) is 20.8. The molecule has 92 valence electrons. The fourth-order valence-corrected chi connectivity index (χ4v) is 1.88. The molecule has 1 aliphatic heterocycles. The van der Waals surface area contributed by atoms with Crippen LogP contribution in [0.4, 0.5) is 0 Å². The van der Waals surface area contributed by atoms with Crippen LogP contribution in [0, 0.1) is 10.1 Å². The van der Waals surface area contributed by atoms with Gasteiger partial charge >= 0.3 is 0 Å². The summed E-state index contributed by atoms with van der Waals surface area (Å²) in [4.78, 5) is 16.4. The van der Waals surface area contributed by atoms with E-state index in [0.717, 1.165) is 10.6 Å². The first-order valence-electron chi connectivity index (χ1n) is 5.09. The minimum absolute atomic E-state index is 0.329. The van der Waals surface area contributed by atoms with Crippen molar-refractivity contribution in [1.29, 1.82) is 0 Å². The lowest BCUT2D eigenvalue weighted by Crippen LogP contribution is -2.47. The summed E-state index contributed by atoms with van der Waals surface area (Å²) in [6.07, 6.45) is 0.949. The maximum atomic E-state index is 10.6. The Hall–Kier alpha value is -1.44. The zero-order valence-corrected chi connectivity index (χ0v) is 9.75. The zero-order valence-electron chi connectivity index (χ0n) is 8.99. The molecule has 1 aliphatic rings. The number of rotatable bonds is 3.